The minimum Gasteiger partial charge on any atom is -0.392 e. The third kappa shape index (κ3) is 2.80. The minimum atomic E-state index is -0.147. The lowest BCUT2D eigenvalue weighted by molar-refractivity contribution is 0.174. The van der Waals surface area contributed by atoms with Gasteiger partial charge in [0.1, 0.15) is 0 Å². The Balaban J connectivity index is 1.80. The van der Waals surface area contributed by atoms with E-state index in [2.05, 4.69) is 38.1 Å². The molecule has 2 unspecified atom stereocenters. The molecule has 0 bridgehead atoms. The Morgan fingerprint density at radius 2 is 2.12 bits per heavy atom. The molecule has 1 aromatic rings. The van der Waals surface area contributed by atoms with E-state index in [0.717, 1.165) is 18.6 Å². The smallest absolute Gasteiger partial charge is 0.0636 e. The molecule has 0 fully saturated rings. The number of aliphatic hydroxyl groups is 1. The van der Waals surface area contributed by atoms with E-state index in [1.54, 1.807) is 0 Å². The van der Waals surface area contributed by atoms with E-state index in [-0.39, 0.29) is 6.10 Å². The van der Waals surface area contributed by atoms with Gasteiger partial charge in [-0.25, -0.2) is 0 Å². The largest absolute Gasteiger partial charge is 0.392 e. The molecule has 0 saturated heterocycles. The SMILES string of the molecule is CC(C)SCC(O)CC1Cc2ccccc21. The molecule has 2 atom stereocenters. The van der Waals surface area contributed by atoms with Crippen LogP contribution in [0.4, 0.5) is 0 Å². The van der Waals surface area contributed by atoms with Crippen LogP contribution in [0.15, 0.2) is 24.3 Å². The highest BCUT2D eigenvalue weighted by molar-refractivity contribution is 7.99. The number of hydrogen-bond acceptors (Lipinski definition) is 2. The van der Waals surface area contributed by atoms with Crippen molar-refractivity contribution in [2.24, 2.45) is 0 Å². The Morgan fingerprint density at radius 1 is 1.38 bits per heavy atom. The number of benzene rings is 1. The summed E-state index contributed by atoms with van der Waals surface area (Å²) in [4.78, 5) is 0. The lowest BCUT2D eigenvalue weighted by Crippen LogP contribution is -2.23. The molecule has 1 aliphatic rings. The molecule has 1 aliphatic carbocycles. The van der Waals surface area contributed by atoms with Crippen molar-refractivity contribution in [3.8, 4) is 0 Å². The molecule has 2 rings (SSSR count). The van der Waals surface area contributed by atoms with Crippen molar-refractivity contribution in [2.45, 2.75) is 44.0 Å². The molecule has 16 heavy (non-hydrogen) atoms. The lowest BCUT2D eigenvalue weighted by atomic mass is 9.75. The molecule has 0 aromatic heterocycles. The summed E-state index contributed by atoms with van der Waals surface area (Å²) in [7, 11) is 0. The summed E-state index contributed by atoms with van der Waals surface area (Å²) in [6, 6.07) is 8.59. The molecule has 2 heteroatoms. The van der Waals surface area contributed by atoms with E-state index in [9.17, 15) is 5.11 Å². The van der Waals surface area contributed by atoms with Crippen LogP contribution in [0.3, 0.4) is 0 Å². The van der Waals surface area contributed by atoms with Gasteiger partial charge in [0.2, 0.25) is 0 Å². The average molecular weight is 236 g/mol. The van der Waals surface area contributed by atoms with E-state index >= 15 is 0 Å². The highest BCUT2D eigenvalue weighted by Gasteiger charge is 2.27. The molecule has 88 valence electrons. The monoisotopic (exact) mass is 236 g/mol. The second-order valence-corrected chi connectivity index (χ2v) is 6.48. The van der Waals surface area contributed by atoms with E-state index < -0.39 is 0 Å². The Morgan fingerprint density at radius 3 is 2.81 bits per heavy atom. The molecule has 0 aliphatic heterocycles. The van der Waals surface area contributed by atoms with Crippen LogP contribution in [-0.2, 0) is 6.42 Å². The molecule has 1 nitrogen and oxygen atoms in total. The van der Waals surface area contributed by atoms with E-state index in [0.29, 0.717) is 11.2 Å². The summed E-state index contributed by atoms with van der Waals surface area (Å²) in [6.07, 6.45) is 1.93. The first-order chi connectivity index (χ1) is 7.66. The zero-order valence-electron chi connectivity index (χ0n) is 10.0. The second-order valence-electron chi connectivity index (χ2n) is 4.87. The van der Waals surface area contributed by atoms with Gasteiger partial charge in [0.15, 0.2) is 0 Å². The van der Waals surface area contributed by atoms with Crippen LogP contribution in [0.1, 0.15) is 37.3 Å². The molecular formula is C14H20OS. The Labute approximate surface area is 102 Å². The zero-order valence-corrected chi connectivity index (χ0v) is 10.8. The predicted molar refractivity (Wildman–Crippen MR) is 71.1 cm³/mol. The van der Waals surface area contributed by atoms with Crippen molar-refractivity contribution in [1.82, 2.24) is 0 Å². The Bertz CT molecular complexity index is 348. The standard InChI is InChI=1S/C14H20OS/c1-10(2)16-9-13(15)8-12-7-11-5-3-4-6-14(11)12/h3-6,10,12-13,15H,7-9H2,1-2H3. The Hall–Kier alpha value is -0.470. The van der Waals surface area contributed by atoms with Crippen LogP contribution < -0.4 is 0 Å². The number of aliphatic hydroxyl groups excluding tert-OH is 1. The van der Waals surface area contributed by atoms with Crippen molar-refractivity contribution in [3.05, 3.63) is 35.4 Å². The summed E-state index contributed by atoms with van der Waals surface area (Å²) in [5.41, 5.74) is 2.92. The summed E-state index contributed by atoms with van der Waals surface area (Å²) < 4.78 is 0. The number of rotatable bonds is 5. The van der Waals surface area contributed by atoms with Gasteiger partial charge in [0.25, 0.3) is 0 Å². The van der Waals surface area contributed by atoms with Crippen LogP contribution in [0.25, 0.3) is 0 Å². The average Bonchev–Trinajstić information content (AvgIpc) is 2.23. The first-order valence-corrected chi connectivity index (χ1v) is 7.09. The maximum atomic E-state index is 9.94. The van der Waals surface area contributed by atoms with E-state index in [1.165, 1.54) is 11.1 Å². The molecule has 0 radical (unpaired) electrons. The van der Waals surface area contributed by atoms with Gasteiger partial charge < -0.3 is 5.11 Å². The fourth-order valence-electron chi connectivity index (χ4n) is 2.27. The Kier molecular flexibility index (Phi) is 3.93. The van der Waals surface area contributed by atoms with Crippen molar-refractivity contribution in [2.75, 3.05) is 5.75 Å². The second kappa shape index (κ2) is 5.24. The highest BCUT2D eigenvalue weighted by atomic mass is 32.2. The van der Waals surface area contributed by atoms with E-state index in [1.807, 2.05) is 11.8 Å². The highest BCUT2D eigenvalue weighted by Crippen LogP contribution is 2.38. The molecule has 1 N–H and O–H groups in total. The van der Waals surface area contributed by atoms with Crippen molar-refractivity contribution >= 4 is 11.8 Å². The number of hydrogen-bond donors (Lipinski definition) is 1. The van der Waals surface area contributed by atoms with E-state index in [4.69, 9.17) is 0 Å². The van der Waals surface area contributed by atoms with Gasteiger partial charge in [-0.3, -0.25) is 0 Å². The predicted octanol–water partition coefficient (Wildman–Crippen LogP) is 3.22. The van der Waals surface area contributed by atoms with Crippen LogP contribution >= 0.6 is 11.8 Å². The maximum Gasteiger partial charge on any atom is 0.0636 e. The topological polar surface area (TPSA) is 20.2 Å². The molecule has 0 heterocycles. The van der Waals surface area contributed by atoms with Crippen molar-refractivity contribution in [1.29, 1.82) is 0 Å². The molecule has 0 spiro atoms. The van der Waals surface area contributed by atoms with Crippen LogP contribution in [0.5, 0.6) is 0 Å². The van der Waals surface area contributed by atoms with Gasteiger partial charge in [-0.15, -0.1) is 0 Å². The third-order valence-electron chi connectivity index (χ3n) is 3.14. The van der Waals surface area contributed by atoms with Crippen LogP contribution in [0, 0.1) is 0 Å². The van der Waals surface area contributed by atoms with Gasteiger partial charge in [-0.2, -0.15) is 11.8 Å². The van der Waals surface area contributed by atoms with Crippen LogP contribution in [-0.4, -0.2) is 22.2 Å². The van der Waals surface area contributed by atoms with Gasteiger partial charge >= 0.3 is 0 Å². The van der Waals surface area contributed by atoms with Crippen molar-refractivity contribution < 1.29 is 5.11 Å². The maximum absolute atomic E-state index is 9.94. The van der Waals surface area contributed by atoms with Crippen LogP contribution in [0.2, 0.25) is 0 Å². The summed E-state index contributed by atoms with van der Waals surface area (Å²) in [6.45, 7) is 4.35. The minimum absolute atomic E-state index is 0.147. The molecule has 0 saturated carbocycles. The van der Waals surface area contributed by atoms with Gasteiger partial charge in [0, 0.05) is 5.75 Å². The third-order valence-corrected chi connectivity index (χ3v) is 4.38. The van der Waals surface area contributed by atoms with Gasteiger partial charge in [0.05, 0.1) is 6.10 Å². The molecule has 1 aromatic carbocycles. The first kappa shape index (κ1) is 12.0. The summed E-state index contributed by atoms with van der Waals surface area (Å²) in [5, 5.41) is 10.6. The fraction of sp³-hybridized carbons (Fsp3) is 0.571. The van der Waals surface area contributed by atoms with Gasteiger partial charge in [-0.1, -0.05) is 38.1 Å². The molecule has 0 amide bonds. The number of thioether (sulfide) groups is 1. The molecular weight excluding hydrogens is 216 g/mol. The normalized spacial score (nSPS) is 20.4. The zero-order chi connectivity index (χ0) is 11.5. The first-order valence-electron chi connectivity index (χ1n) is 6.04. The summed E-state index contributed by atoms with van der Waals surface area (Å²) >= 11 is 1.85. The van der Waals surface area contributed by atoms with Crippen molar-refractivity contribution in [3.63, 3.8) is 0 Å². The van der Waals surface area contributed by atoms with Gasteiger partial charge in [-0.05, 0) is 35.1 Å². The fourth-order valence-corrected chi connectivity index (χ4v) is 3.02. The lowest BCUT2D eigenvalue weighted by Gasteiger charge is -2.31. The summed E-state index contributed by atoms with van der Waals surface area (Å²) in [5.74, 6) is 1.47. The number of fused-ring (bicyclic) bond motifs is 1. The quantitative estimate of drug-likeness (QED) is 0.847.